The predicted molar refractivity (Wildman–Crippen MR) is 126 cm³/mol. The number of methoxy groups -OCH3 is 1. The van der Waals surface area contributed by atoms with Gasteiger partial charge in [-0.1, -0.05) is 30.3 Å². The van der Waals surface area contributed by atoms with E-state index in [9.17, 15) is 9.59 Å². The Morgan fingerprint density at radius 1 is 1.12 bits per heavy atom. The third-order valence-electron chi connectivity index (χ3n) is 5.95. The number of benzene rings is 2. The lowest BCUT2D eigenvalue weighted by Crippen LogP contribution is -2.43. The van der Waals surface area contributed by atoms with E-state index in [1.807, 2.05) is 54.6 Å². The normalized spacial score (nSPS) is 13.9. The van der Waals surface area contributed by atoms with Crippen molar-refractivity contribution in [1.29, 1.82) is 0 Å². The van der Waals surface area contributed by atoms with Crippen LogP contribution in [0, 0.1) is 0 Å². The van der Waals surface area contributed by atoms with Crippen LogP contribution in [0.3, 0.4) is 0 Å². The Balaban J connectivity index is 1.52. The van der Waals surface area contributed by atoms with Gasteiger partial charge in [-0.05, 0) is 55.8 Å². The second kappa shape index (κ2) is 10.3. The van der Waals surface area contributed by atoms with Crippen LogP contribution in [0.15, 0.2) is 59.4 Å². The number of H-pyrrole nitrogens is 1. The average Bonchev–Trinajstić information content (AvgIpc) is 3.34. The molecule has 0 unspecified atom stereocenters. The topological polar surface area (TPSA) is 77.7 Å². The maximum Gasteiger partial charge on any atom is 0.318 e. The quantitative estimate of drug-likeness (QED) is 0.570. The minimum absolute atomic E-state index is 0.168. The Kier molecular flexibility index (Phi) is 7.07. The van der Waals surface area contributed by atoms with Gasteiger partial charge in [-0.3, -0.25) is 4.79 Å². The van der Waals surface area contributed by atoms with Crippen molar-refractivity contribution in [2.45, 2.75) is 25.9 Å². The highest BCUT2D eigenvalue weighted by Crippen LogP contribution is 2.19. The van der Waals surface area contributed by atoms with Gasteiger partial charge in [0.1, 0.15) is 5.75 Å². The first-order valence-corrected chi connectivity index (χ1v) is 11.1. The molecular formula is C25H30N4O3. The van der Waals surface area contributed by atoms with Crippen LogP contribution in [0.25, 0.3) is 10.9 Å². The van der Waals surface area contributed by atoms with Crippen molar-refractivity contribution in [3.05, 3.63) is 76.1 Å². The third-order valence-corrected chi connectivity index (χ3v) is 5.95. The van der Waals surface area contributed by atoms with E-state index < -0.39 is 0 Å². The minimum atomic E-state index is -0.176. The van der Waals surface area contributed by atoms with E-state index in [4.69, 9.17) is 4.74 Å². The number of aromatic nitrogens is 1. The maximum atomic E-state index is 13.1. The number of carbonyl (C=O) groups excluding carboxylic acids is 1. The van der Waals surface area contributed by atoms with Gasteiger partial charge in [-0.25, -0.2) is 4.79 Å². The Morgan fingerprint density at radius 2 is 1.91 bits per heavy atom. The average molecular weight is 435 g/mol. The van der Waals surface area contributed by atoms with Crippen molar-refractivity contribution in [1.82, 2.24) is 20.1 Å². The molecule has 2 N–H and O–H groups in total. The zero-order valence-electron chi connectivity index (χ0n) is 18.5. The van der Waals surface area contributed by atoms with E-state index >= 15 is 0 Å². The molecule has 1 aliphatic heterocycles. The summed E-state index contributed by atoms with van der Waals surface area (Å²) in [5.41, 5.74) is 2.17. The number of nitrogens with one attached hydrogen (secondary N) is 2. The van der Waals surface area contributed by atoms with Gasteiger partial charge < -0.3 is 24.8 Å². The van der Waals surface area contributed by atoms with Crippen molar-refractivity contribution in [3.8, 4) is 5.75 Å². The molecule has 0 bridgehead atoms. The minimum Gasteiger partial charge on any atom is -0.497 e. The molecule has 32 heavy (non-hydrogen) atoms. The molecule has 0 atom stereocenters. The molecule has 1 saturated heterocycles. The number of urea groups is 1. The van der Waals surface area contributed by atoms with Crippen LogP contribution >= 0.6 is 0 Å². The molecule has 4 rings (SSSR count). The van der Waals surface area contributed by atoms with Crippen LogP contribution in [-0.2, 0) is 13.1 Å². The number of ether oxygens (including phenoxy) is 1. The molecule has 0 aliphatic carbocycles. The lowest BCUT2D eigenvalue weighted by Gasteiger charge is -2.26. The van der Waals surface area contributed by atoms with Gasteiger partial charge in [-0.15, -0.1) is 0 Å². The molecule has 3 aromatic rings. The van der Waals surface area contributed by atoms with Crippen molar-refractivity contribution in [2.75, 3.05) is 33.3 Å². The molecule has 7 nitrogen and oxygen atoms in total. The molecule has 2 aromatic carbocycles. The first-order valence-electron chi connectivity index (χ1n) is 11.1. The number of nitrogens with zero attached hydrogens (tertiary/aromatic N) is 2. The molecule has 1 fully saturated rings. The Labute approximate surface area is 188 Å². The highest BCUT2D eigenvalue weighted by atomic mass is 16.5. The van der Waals surface area contributed by atoms with Gasteiger partial charge >= 0.3 is 6.03 Å². The molecule has 2 amide bonds. The molecule has 0 radical (unpaired) electrons. The van der Waals surface area contributed by atoms with Gasteiger partial charge in [0.2, 0.25) is 0 Å². The summed E-state index contributed by atoms with van der Waals surface area (Å²) in [5.74, 6) is 0.724. The Morgan fingerprint density at radius 3 is 2.66 bits per heavy atom. The Bertz CT molecular complexity index is 1110. The fourth-order valence-electron chi connectivity index (χ4n) is 4.09. The number of hydrogen-bond donors (Lipinski definition) is 2. The van der Waals surface area contributed by atoms with E-state index in [1.165, 1.54) is 12.8 Å². The van der Waals surface area contributed by atoms with E-state index in [0.717, 1.165) is 41.9 Å². The lowest BCUT2D eigenvalue weighted by molar-refractivity contribution is 0.184. The summed E-state index contributed by atoms with van der Waals surface area (Å²) in [6, 6.07) is 17.0. The van der Waals surface area contributed by atoms with Gasteiger partial charge in [-0.2, -0.15) is 0 Å². The SMILES string of the molecule is COc1ccc2[nH]c(=O)c(CN(CCN3CCCC3)C(=O)NCc3ccccc3)cc2c1. The predicted octanol–water partition coefficient (Wildman–Crippen LogP) is 3.34. The zero-order valence-corrected chi connectivity index (χ0v) is 18.5. The number of hydrogen-bond acceptors (Lipinski definition) is 4. The highest BCUT2D eigenvalue weighted by Gasteiger charge is 2.19. The van der Waals surface area contributed by atoms with Crippen molar-refractivity contribution in [3.63, 3.8) is 0 Å². The van der Waals surface area contributed by atoms with Crippen LogP contribution in [0.2, 0.25) is 0 Å². The first-order chi connectivity index (χ1) is 15.6. The molecule has 0 spiro atoms. The fourth-order valence-corrected chi connectivity index (χ4v) is 4.09. The summed E-state index contributed by atoms with van der Waals surface area (Å²) < 4.78 is 5.31. The summed E-state index contributed by atoms with van der Waals surface area (Å²) in [5, 5.41) is 3.88. The largest absolute Gasteiger partial charge is 0.497 e. The van der Waals surface area contributed by atoms with Crippen molar-refractivity contribution >= 4 is 16.9 Å². The van der Waals surface area contributed by atoms with E-state index in [1.54, 1.807) is 12.0 Å². The van der Waals surface area contributed by atoms with Crippen molar-refractivity contribution in [2.24, 2.45) is 0 Å². The molecule has 0 saturated carbocycles. The second-order valence-electron chi connectivity index (χ2n) is 8.19. The lowest BCUT2D eigenvalue weighted by atomic mass is 10.1. The van der Waals surface area contributed by atoms with Crippen LogP contribution in [0.4, 0.5) is 4.79 Å². The summed E-state index contributed by atoms with van der Waals surface area (Å²) in [7, 11) is 1.62. The van der Waals surface area contributed by atoms with Crippen LogP contribution in [-0.4, -0.2) is 54.1 Å². The number of fused-ring (bicyclic) bond motifs is 1. The summed E-state index contributed by atoms with van der Waals surface area (Å²) in [6.07, 6.45) is 2.40. The molecule has 1 aliphatic rings. The second-order valence-corrected chi connectivity index (χ2v) is 8.19. The molecule has 1 aromatic heterocycles. The van der Waals surface area contributed by atoms with Crippen LogP contribution in [0.5, 0.6) is 5.75 Å². The fraction of sp³-hybridized carbons (Fsp3) is 0.360. The number of aromatic amines is 1. The van der Waals surface area contributed by atoms with E-state index in [0.29, 0.717) is 18.7 Å². The summed E-state index contributed by atoms with van der Waals surface area (Å²) in [6.45, 7) is 4.20. The number of amides is 2. The summed E-state index contributed by atoms with van der Waals surface area (Å²) >= 11 is 0. The monoisotopic (exact) mass is 434 g/mol. The van der Waals surface area contributed by atoms with Gasteiger partial charge in [0.05, 0.1) is 13.7 Å². The molecule has 7 heteroatoms. The smallest absolute Gasteiger partial charge is 0.318 e. The van der Waals surface area contributed by atoms with Crippen LogP contribution < -0.4 is 15.6 Å². The zero-order chi connectivity index (χ0) is 22.3. The summed E-state index contributed by atoms with van der Waals surface area (Å²) in [4.78, 5) is 32.8. The van der Waals surface area contributed by atoms with Crippen molar-refractivity contribution < 1.29 is 9.53 Å². The van der Waals surface area contributed by atoms with Gasteiger partial charge in [0, 0.05) is 36.1 Å². The third kappa shape index (κ3) is 5.48. The van der Waals surface area contributed by atoms with Crippen LogP contribution in [0.1, 0.15) is 24.0 Å². The first kappa shape index (κ1) is 21.9. The number of likely N-dealkylation sites (tertiary alicyclic amines) is 1. The highest BCUT2D eigenvalue weighted by molar-refractivity contribution is 5.81. The number of pyridine rings is 1. The van der Waals surface area contributed by atoms with E-state index in [-0.39, 0.29) is 18.1 Å². The van der Waals surface area contributed by atoms with E-state index in [2.05, 4.69) is 15.2 Å². The molecule has 2 heterocycles. The Hall–Kier alpha value is -3.32. The molecular weight excluding hydrogens is 404 g/mol. The maximum absolute atomic E-state index is 13.1. The standard InChI is InChI=1S/C25H30N4O3/c1-32-22-9-10-23-20(16-22)15-21(24(30)27-23)18-29(14-13-28-11-5-6-12-28)25(31)26-17-19-7-3-2-4-8-19/h2-4,7-10,15-16H,5-6,11-14,17-18H2,1H3,(H,26,31)(H,27,30). The molecule has 168 valence electrons. The van der Waals surface area contributed by atoms with Gasteiger partial charge in [0.15, 0.2) is 0 Å². The van der Waals surface area contributed by atoms with Gasteiger partial charge in [0.25, 0.3) is 5.56 Å². The number of carbonyl (C=O) groups is 1. The number of rotatable bonds is 8.